The highest BCUT2D eigenvalue weighted by Crippen LogP contribution is 1.75. The van der Waals surface area contributed by atoms with Crippen LogP contribution in [0.5, 0.6) is 0 Å². The fourth-order valence-corrected chi connectivity index (χ4v) is 0.274. The second-order valence-electron chi connectivity index (χ2n) is 1.38. The molecule has 3 heteroatoms. The molecule has 0 rings (SSSR count). The van der Waals surface area contributed by atoms with E-state index in [9.17, 15) is 4.79 Å². The summed E-state index contributed by atoms with van der Waals surface area (Å²) in [7, 11) is 1.53. The number of carbonyl (C=O) groups is 1. The van der Waals surface area contributed by atoms with Gasteiger partial charge in [-0.05, 0) is 0 Å². The first-order valence-corrected chi connectivity index (χ1v) is 2.32. The average Bonchev–Trinajstić information content (AvgIpc) is 1.84. The van der Waals surface area contributed by atoms with Crippen molar-refractivity contribution in [3.8, 4) is 0 Å². The Kier molecular flexibility index (Phi) is 2.88. The molecule has 1 atom stereocenters. The maximum atomic E-state index is 10.4. The van der Waals surface area contributed by atoms with Gasteiger partial charge in [-0.3, -0.25) is 4.79 Å². The van der Waals surface area contributed by atoms with Crippen LogP contribution >= 0.6 is 0 Å². The predicted octanol–water partition coefficient (Wildman–Crippen LogP) is -0.754. The summed E-state index contributed by atoms with van der Waals surface area (Å²) >= 11 is 0. The van der Waals surface area contributed by atoms with Gasteiger partial charge in [0.25, 0.3) is 0 Å². The highest BCUT2D eigenvalue weighted by Gasteiger charge is 2.03. The molecule has 0 saturated carbocycles. The zero-order chi connectivity index (χ0) is 6.57. The molecule has 0 aromatic heterocycles. The van der Waals surface area contributed by atoms with Crippen LogP contribution in [0.4, 0.5) is 0 Å². The van der Waals surface area contributed by atoms with Crippen LogP contribution < -0.4 is 11.1 Å². The summed E-state index contributed by atoms with van der Waals surface area (Å²) in [5.74, 6) is -0.208. The third-order valence-electron chi connectivity index (χ3n) is 0.803. The normalized spacial score (nSPS) is 12.2. The van der Waals surface area contributed by atoms with Gasteiger partial charge in [0.05, 0.1) is 0 Å². The summed E-state index contributed by atoms with van der Waals surface area (Å²) in [5, 5.41) is 2.38. The fraction of sp³-hybridized carbons (Fsp3) is 0.400. The van der Waals surface area contributed by atoms with E-state index in [2.05, 4.69) is 11.9 Å². The minimum atomic E-state index is -0.569. The summed E-state index contributed by atoms with van der Waals surface area (Å²) in [5.41, 5.74) is 5.20. The molecule has 0 spiro atoms. The van der Waals surface area contributed by atoms with Crippen molar-refractivity contribution in [1.29, 1.82) is 0 Å². The van der Waals surface area contributed by atoms with Crippen molar-refractivity contribution in [3.63, 3.8) is 0 Å². The number of amides is 1. The summed E-state index contributed by atoms with van der Waals surface area (Å²) in [6.45, 7) is 3.34. The molecule has 0 fully saturated rings. The van der Waals surface area contributed by atoms with Crippen molar-refractivity contribution in [2.75, 3.05) is 7.05 Å². The number of nitrogens with one attached hydrogen (secondary N) is 1. The lowest BCUT2D eigenvalue weighted by molar-refractivity contribution is -0.120. The lowest BCUT2D eigenvalue weighted by Gasteiger charge is -2.00. The van der Waals surface area contributed by atoms with Crippen LogP contribution in [0.15, 0.2) is 12.7 Å². The molecular formula is C5H10N2O. The lowest BCUT2D eigenvalue weighted by Crippen LogP contribution is -2.36. The SMILES string of the molecule is C=C[C@@H](N)C(=O)NC. The van der Waals surface area contributed by atoms with Gasteiger partial charge in [0.15, 0.2) is 0 Å². The summed E-state index contributed by atoms with van der Waals surface area (Å²) in [6, 6.07) is -0.569. The van der Waals surface area contributed by atoms with Gasteiger partial charge in [0.2, 0.25) is 5.91 Å². The first kappa shape index (κ1) is 7.17. The van der Waals surface area contributed by atoms with Crippen LogP contribution in [-0.4, -0.2) is 19.0 Å². The van der Waals surface area contributed by atoms with E-state index in [1.807, 2.05) is 0 Å². The largest absolute Gasteiger partial charge is 0.358 e. The molecule has 3 nitrogen and oxygen atoms in total. The van der Waals surface area contributed by atoms with Crippen LogP contribution in [0.2, 0.25) is 0 Å². The number of likely N-dealkylation sites (N-methyl/N-ethyl adjacent to an activating group) is 1. The Morgan fingerprint density at radius 1 is 2.00 bits per heavy atom. The van der Waals surface area contributed by atoms with E-state index in [0.717, 1.165) is 0 Å². The van der Waals surface area contributed by atoms with Crippen molar-refractivity contribution in [2.45, 2.75) is 6.04 Å². The molecular weight excluding hydrogens is 104 g/mol. The highest BCUT2D eigenvalue weighted by atomic mass is 16.2. The van der Waals surface area contributed by atoms with Crippen molar-refractivity contribution in [2.24, 2.45) is 5.73 Å². The van der Waals surface area contributed by atoms with E-state index < -0.39 is 6.04 Å². The molecule has 0 aliphatic rings. The first-order valence-electron chi connectivity index (χ1n) is 2.32. The van der Waals surface area contributed by atoms with Crippen molar-refractivity contribution >= 4 is 5.91 Å². The van der Waals surface area contributed by atoms with Crippen LogP contribution in [0.3, 0.4) is 0 Å². The number of hydrogen-bond donors (Lipinski definition) is 2. The molecule has 0 aromatic rings. The molecule has 0 heterocycles. The lowest BCUT2D eigenvalue weighted by atomic mass is 10.3. The van der Waals surface area contributed by atoms with Gasteiger partial charge >= 0.3 is 0 Å². The minimum absolute atomic E-state index is 0.208. The molecule has 0 bridgehead atoms. The molecule has 0 radical (unpaired) electrons. The zero-order valence-electron chi connectivity index (χ0n) is 4.85. The fourth-order valence-electron chi connectivity index (χ4n) is 0.274. The van der Waals surface area contributed by atoms with E-state index in [1.54, 1.807) is 0 Å². The first-order chi connectivity index (χ1) is 3.72. The van der Waals surface area contributed by atoms with Crippen molar-refractivity contribution in [1.82, 2.24) is 5.32 Å². The maximum Gasteiger partial charge on any atom is 0.240 e. The number of carbonyl (C=O) groups excluding carboxylic acids is 1. The third kappa shape index (κ3) is 1.75. The van der Waals surface area contributed by atoms with E-state index in [0.29, 0.717) is 0 Å². The van der Waals surface area contributed by atoms with Crippen molar-refractivity contribution in [3.05, 3.63) is 12.7 Å². The Morgan fingerprint density at radius 2 is 2.50 bits per heavy atom. The van der Waals surface area contributed by atoms with Gasteiger partial charge in [-0.1, -0.05) is 6.08 Å². The van der Waals surface area contributed by atoms with Gasteiger partial charge < -0.3 is 11.1 Å². The molecule has 1 amide bonds. The Bertz CT molecular complexity index is 101. The molecule has 0 saturated heterocycles. The molecule has 8 heavy (non-hydrogen) atoms. The molecule has 0 unspecified atom stereocenters. The Hall–Kier alpha value is -0.830. The van der Waals surface area contributed by atoms with Crippen molar-refractivity contribution < 1.29 is 4.79 Å². The Morgan fingerprint density at radius 3 is 2.62 bits per heavy atom. The van der Waals surface area contributed by atoms with Crippen LogP contribution in [0.25, 0.3) is 0 Å². The van der Waals surface area contributed by atoms with Gasteiger partial charge in [0, 0.05) is 7.05 Å². The highest BCUT2D eigenvalue weighted by molar-refractivity contribution is 5.82. The van der Waals surface area contributed by atoms with Gasteiger partial charge in [-0.2, -0.15) is 0 Å². The second kappa shape index (κ2) is 3.21. The van der Waals surface area contributed by atoms with E-state index in [4.69, 9.17) is 5.73 Å². The second-order valence-corrected chi connectivity index (χ2v) is 1.38. The number of hydrogen-bond acceptors (Lipinski definition) is 2. The Labute approximate surface area is 48.6 Å². The van der Waals surface area contributed by atoms with Gasteiger partial charge in [-0.15, -0.1) is 6.58 Å². The molecule has 0 aromatic carbocycles. The minimum Gasteiger partial charge on any atom is -0.358 e. The van der Waals surface area contributed by atoms with E-state index in [1.165, 1.54) is 13.1 Å². The molecule has 0 aliphatic heterocycles. The standard InChI is InChI=1S/C5H10N2O/c1-3-4(6)5(8)7-2/h3-4H,1,6H2,2H3,(H,7,8)/t4-/m1/s1. The van der Waals surface area contributed by atoms with E-state index in [-0.39, 0.29) is 5.91 Å². The monoisotopic (exact) mass is 114 g/mol. The number of rotatable bonds is 2. The molecule has 3 N–H and O–H groups in total. The topological polar surface area (TPSA) is 55.1 Å². The van der Waals surface area contributed by atoms with Crippen LogP contribution in [0, 0.1) is 0 Å². The third-order valence-corrected chi connectivity index (χ3v) is 0.803. The molecule has 0 aliphatic carbocycles. The maximum absolute atomic E-state index is 10.4. The number of nitrogens with two attached hydrogens (primary N) is 1. The Balaban J connectivity index is 3.62. The van der Waals surface area contributed by atoms with E-state index >= 15 is 0 Å². The predicted molar refractivity (Wildman–Crippen MR) is 32.2 cm³/mol. The summed E-state index contributed by atoms with van der Waals surface area (Å²) < 4.78 is 0. The summed E-state index contributed by atoms with van der Waals surface area (Å²) in [4.78, 5) is 10.4. The smallest absolute Gasteiger partial charge is 0.240 e. The summed E-state index contributed by atoms with van der Waals surface area (Å²) in [6.07, 6.45) is 1.39. The quantitative estimate of drug-likeness (QED) is 0.464. The van der Waals surface area contributed by atoms with Gasteiger partial charge in [-0.25, -0.2) is 0 Å². The van der Waals surface area contributed by atoms with Gasteiger partial charge in [0.1, 0.15) is 6.04 Å². The van der Waals surface area contributed by atoms with Crippen LogP contribution in [-0.2, 0) is 4.79 Å². The molecule has 46 valence electrons. The van der Waals surface area contributed by atoms with Crippen LogP contribution in [0.1, 0.15) is 0 Å². The average molecular weight is 114 g/mol. The zero-order valence-corrected chi connectivity index (χ0v) is 4.85.